The molecule has 1 heterocycles. The molecule has 4 aromatic rings. The summed E-state index contributed by atoms with van der Waals surface area (Å²) >= 11 is 1.21. The average molecular weight is 493 g/mol. The summed E-state index contributed by atoms with van der Waals surface area (Å²) in [5, 5.41) is 2.75. The fraction of sp³-hybridized carbons (Fsp3) is 0.0400. The normalized spacial score (nSPS) is 11.0. The van der Waals surface area contributed by atoms with Gasteiger partial charge in [-0.2, -0.15) is 0 Å². The molecule has 0 bridgehead atoms. The number of benzene rings is 3. The minimum Gasteiger partial charge on any atom is -0.465 e. The highest BCUT2D eigenvalue weighted by molar-refractivity contribution is 7.92. The number of esters is 1. The zero-order chi connectivity index (χ0) is 24.1. The second kappa shape index (κ2) is 9.90. The second-order valence-electron chi connectivity index (χ2n) is 7.16. The summed E-state index contributed by atoms with van der Waals surface area (Å²) in [6, 6.07) is 25.2. The van der Waals surface area contributed by atoms with Crippen molar-refractivity contribution in [3.63, 3.8) is 0 Å². The molecular formula is C25H20N2O5S2. The Morgan fingerprint density at radius 1 is 0.853 bits per heavy atom. The van der Waals surface area contributed by atoms with Gasteiger partial charge in [0.2, 0.25) is 0 Å². The van der Waals surface area contributed by atoms with Crippen LogP contribution in [0.15, 0.2) is 95.9 Å². The Bertz CT molecular complexity index is 1430. The van der Waals surface area contributed by atoms with Gasteiger partial charge < -0.3 is 10.1 Å². The average Bonchev–Trinajstić information content (AvgIpc) is 3.28. The van der Waals surface area contributed by atoms with Crippen molar-refractivity contribution >= 4 is 44.6 Å². The highest BCUT2D eigenvalue weighted by Crippen LogP contribution is 2.35. The zero-order valence-corrected chi connectivity index (χ0v) is 19.7. The number of rotatable bonds is 7. The van der Waals surface area contributed by atoms with E-state index >= 15 is 0 Å². The van der Waals surface area contributed by atoms with Gasteiger partial charge in [0.05, 0.1) is 17.7 Å². The molecule has 4 rings (SSSR count). The molecule has 1 aromatic heterocycles. The van der Waals surface area contributed by atoms with Gasteiger partial charge in [-0.15, -0.1) is 11.3 Å². The lowest BCUT2D eigenvalue weighted by Crippen LogP contribution is -2.16. The Labute approximate surface area is 201 Å². The third-order valence-corrected chi connectivity index (χ3v) is 7.40. The van der Waals surface area contributed by atoms with Crippen LogP contribution < -0.4 is 10.0 Å². The number of hydrogen-bond acceptors (Lipinski definition) is 6. The fourth-order valence-corrected chi connectivity index (χ4v) is 5.31. The smallest absolute Gasteiger partial charge is 0.350 e. The van der Waals surface area contributed by atoms with E-state index in [9.17, 15) is 18.0 Å². The molecule has 2 N–H and O–H groups in total. The minimum atomic E-state index is -3.80. The highest BCUT2D eigenvalue weighted by Gasteiger charge is 2.21. The molecule has 0 saturated heterocycles. The monoisotopic (exact) mass is 492 g/mol. The SMILES string of the molecule is COC(=O)c1sc(-c2ccccc2)cc1NC(=O)c1cccc(NS(=O)(=O)c2ccccc2)c1. The van der Waals surface area contributed by atoms with Gasteiger partial charge in [0.1, 0.15) is 4.88 Å². The van der Waals surface area contributed by atoms with E-state index in [1.807, 2.05) is 30.3 Å². The number of carbonyl (C=O) groups is 2. The van der Waals surface area contributed by atoms with Gasteiger partial charge in [0, 0.05) is 16.1 Å². The second-order valence-corrected chi connectivity index (χ2v) is 9.90. The maximum atomic E-state index is 13.0. The number of thiophene rings is 1. The van der Waals surface area contributed by atoms with E-state index in [2.05, 4.69) is 10.0 Å². The van der Waals surface area contributed by atoms with Crippen LogP contribution in [0.4, 0.5) is 11.4 Å². The summed E-state index contributed by atoms with van der Waals surface area (Å²) in [7, 11) is -2.53. The largest absolute Gasteiger partial charge is 0.465 e. The van der Waals surface area contributed by atoms with Crippen LogP contribution in [0.3, 0.4) is 0 Å². The number of anilines is 2. The highest BCUT2D eigenvalue weighted by atomic mass is 32.2. The van der Waals surface area contributed by atoms with Crippen molar-refractivity contribution in [1.29, 1.82) is 0 Å². The molecule has 34 heavy (non-hydrogen) atoms. The van der Waals surface area contributed by atoms with Crippen molar-refractivity contribution < 1.29 is 22.7 Å². The lowest BCUT2D eigenvalue weighted by Gasteiger charge is -2.10. The van der Waals surface area contributed by atoms with Gasteiger partial charge in [-0.1, -0.05) is 54.6 Å². The van der Waals surface area contributed by atoms with Crippen LogP contribution in [-0.4, -0.2) is 27.4 Å². The van der Waals surface area contributed by atoms with Crippen molar-refractivity contribution in [3.8, 4) is 10.4 Å². The van der Waals surface area contributed by atoms with E-state index in [1.165, 1.54) is 36.6 Å². The molecule has 0 spiro atoms. The zero-order valence-electron chi connectivity index (χ0n) is 18.0. The van der Waals surface area contributed by atoms with Gasteiger partial charge in [-0.3, -0.25) is 9.52 Å². The maximum Gasteiger partial charge on any atom is 0.350 e. The molecule has 0 radical (unpaired) electrons. The molecule has 0 fully saturated rings. The molecule has 0 aliphatic rings. The van der Waals surface area contributed by atoms with Gasteiger partial charge in [-0.05, 0) is 42.0 Å². The van der Waals surface area contributed by atoms with Gasteiger partial charge >= 0.3 is 5.97 Å². The molecule has 0 saturated carbocycles. The molecule has 0 aliphatic carbocycles. The topological polar surface area (TPSA) is 102 Å². The summed E-state index contributed by atoms with van der Waals surface area (Å²) in [5.74, 6) is -1.06. The third-order valence-electron chi connectivity index (χ3n) is 4.84. The summed E-state index contributed by atoms with van der Waals surface area (Å²) in [4.78, 5) is 26.4. The van der Waals surface area contributed by atoms with E-state index in [1.54, 1.807) is 42.5 Å². The van der Waals surface area contributed by atoms with Crippen LogP contribution in [0.2, 0.25) is 0 Å². The predicted octanol–water partition coefficient (Wildman–Crippen LogP) is 5.25. The fourth-order valence-electron chi connectivity index (χ4n) is 3.21. The van der Waals surface area contributed by atoms with Crippen LogP contribution >= 0.6 is 11.3 Å². The number of carbonyl (C=O) groups excluding carboxylic acids is 2. The van der Waals surface area contributed by atoms with Crippen LogP contribution in [0.1, 0.15) is 20.0 Å². The maximum absolute atomic E-state index is 13.0. The Hall–Kier alpha value is -3.95. The standard InChI is InChI=1S/C25H20N2O5S2/c1-32-25(29)23-21(16-22(33-23)17-9-4-2-5-10-17)26-24(28)18-11-8-12-19(15-18)27-34(30,31)20-13-6-3-7-14-20/h2-16,27H,1H3,(H,26,28). The Kier molecular flexibility index (Phi) is 6.76. The first-order valence-corrected chi connectivity index (χ1v) is 12.4. The Morgan fingerprint density at radius 2 is 1.53 bits per heavy atom. The number of nitrogens with one attached hydrogen (secondary N) is 2. The first-order valence-electron chi connectivity index (χ1n) is 10.1. The summed E-state index contributed by atoms with van der Waals surface area (Å²) in [6.07, 6.45) is 0. The first-order chi connectivity index (χ1) is 16.4. The third kappa shape index (κ3) is 5.16. The first kappa shape index (κ1) is 23.2. The molecule has 0 atom stereocenters. The number of hydrogen-bond donors (Lipinski definition) is 2. The van der Waals surface area contributed by atoms with E-state index in [0.29, 0.717) is 5.69 Å². The molecule has 0 aliphatic heterocycles. The van der Waals surface area contributed by atoms with E-state index in [4.69, 9.17) is 4.74 Å². The van der Waals surface area contributed by atoms with Crippen molar-refractivity contribution in [3.05, 3.63) is 101 Å². The Morgan fingerprint density at radius 3 is 2.21 bits per heavy atom. The van der Waals surface area contributed by atoms with Crippen molar-refractivity contribution in [2.24, 2.45) is 0 Å². The van der Waals surface area contributed by atoms with E-state index in [0.717, 1.165) is 10.4 Å². The molecule has 172 valence electrons. The number of amides is 1. The predicted molar refractivity (Wildman–Crippen MR) is 133 cm³/mol. The van der Waals surface area contributed by atoms with Crippen molar-refractivity contribution in [2.75, 3.05) is 17.1 Å². The molecular weight excluding hydrogens is 472 g/mol. The quantitative estimate of drug-likeness (QED) is 0.343. The Balaban J connectivity index is 1.59. The van der Waals surface area contributed by atoms with Gasteiger partial charge in [-0.25, -0.2) is 13.2 Å². The van der Waals surface area contributed by atoms with Crippen LogP contribution in [0.5, 0.6) is 0 Å². The molecule has 1 amide bonds. The summed E-state index contributed by atoms with van der Waals surface area (Å²) < 4.78 is 32.6. The number of sulfonamides is 1. The molecule has 7 nitrogen and oxygen atoms in total. The van der Waals surface area contributed by atoms with Crippen LogP contribution in [0.25, 0.3) is 10.4 Å². The molecule has 9 heteroatoms. The van der Waals surface area contributed by atoms with E-state index in [-0.39, 0.29) is 21.0 Å². The van der Waals surface area contributed by atoms with Crippen molar-refractivity contribution in [2.45, 2.75) is 4.90 Å². The summed E-state index contributed by atoms with van der Waals surface area (Å²) in [5.41, 5.74) is 1.67. The molecule has 0 unspecified atom stereocenters. The van der Waals surface area contributed by atoms with E-state index < -0.39 is 21.9 Å². The van der Waals surface area contributed by atoms with Crippen molar-refractivity contribution in [1.82, 2.24) is 0 Å². The lowest BCUT2D eigenvalue weighted by molar-refractivity contribution is 0.0607. The van der Waals surface area contributed by atoms with Gasteiger partial charge in [0.25, 0.3) is 15.9 Å². The minimum absolute atomic E-state index is 0.110. The number of methoxy groups -OCH3 is 1. The van der Waals surface area contributed by atoms with Crippen LogP contribution in [-0.2, 0) is 14.8 Å². The number of ether oxygens (including phenoxy) is 1. The van der Waals surface area contributed by atoms with Gasteiger partial charge in [0.15, 0.2) is 0 Å². The molecule has 3 aromatic carbocycles. The summed E-state index contributed by atoms with van der Waals surface area (Å²) in [6.45, 7) is 0. The van der Waals surface area contributed by atoms with Crippen LogP contribution in [0, 0.1) is 0 Å². The lowest BCUT2D eigenvalue weighted by atomic mass is 10.1.